The molecule has 0 aliphatic rings. The van der Waals surface area contributed by atoms with Gasteiger partial charge in [0.2, 0.25) is 0 Å². The Morgan fingerprint density at radius 3 is 2.54 bits per heavy atom. The fourth-order valence-corrected chi connectivity index (χ4v) is 2.10. The third-order valence-corrected chi connectivity index (χ3v) is 2.85. The van der Waals surface area contributed by atoms with Crippen LogP contribution < -0.4 is 5.73 Å². The second kappa shape index (κ2) is 3.72. The molecule has 1 unspecified atom stereocenters. The Morgan fingerprint density at radius 2 is 2.15 bits per heavy atom. The SMILES string of the molecule is Cc1ccc(CC(C)(N)C(F)F)s1. The average molecular weight is 205 g/mol. The van der Waals surface area contributed by atoms with Gasteiger partial charge in [0.05, 0.1) is 5.54 Å². The van der Waals surface area contributed by atoms with Crippen molar-refractivity contribution in [1.82, 2.24) is 0 Å². The molecular formula is C9H13F2NS. The Kier molecular flexibility index (Phi) is 3.03. The van der Waals surface area contributed by atoms with Crippen LogP contribution in [0.2, 0.25) is 0 Å². The highest BCUT2D eigenvalue weighted by atomic mass is 32.1. The number of aryl methyl sites for hydroxylation is 1. The predicted octanol–water partition coefficient (Wildman–Crippen LogP) is 2.58. The lowest BCUT2D eigenvalue weighted by Gasteiger charge is -2.22. The Balaban J connectivity index is 2.68. The summed E-state index contributed by atoms with van der Waals surface area (Å²) in [6, 6.07) is 3.77. The zero-order chi connectivity index (χ0) is 10.1. The highest BCUT2D eigenvalue weighted by Crippen LogP contribution is 2.23. The van der Waals surface area contributed by atoms with Crippen LogP contribution in [0.25, 0.3) is 0 Å². The van der Waals surface area contributed by atoms with Crippen LogP contribution >= 0.6 is 11.3 Å². The Morgan fingerprint density at radius 1 is 1.54 bits per heavy atom. The second-order valence-electron chi connectivity index (χ2n) is 3.50. The van der Waals surface area contributed by atoms with Gasteiger partial charge in [0.1, 0.15) is 0 Å². The van der Waals surface area contributed by atoms with Gasteiger partial charge in [-0.2, -0.15) is 0 Å². The largest absolute Gasteiger partial charge is 0.320 e. The van der Waals surface area contributed by atoms with E-state index in [1.807, 2.05) is 19.1 Å². The van der Waals surface area contributed by atoms with Crippen molar-refractivity contribution in [2.45, 2.75) is 32.2 Å². The van der Waals surface area contributed by atoms with Crippen molar-refractivity contribution in [3.63, 3.8) is 0 Å². The Bertz CT molecular complexity index is 281. The van der Waals surface area contributed by atoms with Gasteiger partial charge in [-0.25, -0.2) is 8.78 Å². The van der Waals surface area contributed by atoms with E-state index in [-0.39, 0.29) is 6.42 Å². The number of nitrogens with two attached hydrogens (primary N) is 1. The smallest absolute Gasteiger partial charge is 0.256 e. The topological polar surface area (TPSA) is 26.0 Å². The normalized spacial score (nSPS) is 16.2. The van der Waals surface area contributed by atoms with Crippen molar-refractivity contribution >= 4 is 11.3 Å². The van der Waals surface area contributed by atoms with Gasteiger partial charge in [-0.15, -0.1) is 11.3 Å². The Labute approximate surface area is 80.6 Å². The highest BCUT2D eigenvalue weighted by Gasteiger charge is 2.30. The van der Waals surface area contributed by atoms with Crippen LogP contribution in [0.3, 0.4) is 0 Å². The first-order valence-corrected chi connectivity index (χ1v) is 4.86. The molecule has 1 aromatic heterocycles. The fraction of sp³-hybridized carbons (Fsp3) is 0.556. The summed E-state index contributed by atoms with van der Waals surface area (Å²) in [4.78, 5) is 2.04. The monoisotopic (exact) mass is 205 g/mol. The molecule has 1 atom stereocenters. The summed E-state index contributed by atoms with van der Waals surface area (Å²) in [7, 11) is 0. The van der Waals surface area contributed by atoms with Gasteiger partial charge in [0.25, 0.3) is 6.43 Å². The lowest BCUT2D eigenvalue weighted by atomic mass is 9.99. The van der Waals surface area contributed by atoms with E-state index in [4.69, 9.17) is 5.73 Å². The van der Waals surface area contributed by atoms with Crippen LogP contribution in [0.5, 0.6) is 0 Å². The van der Waals surface area contributed by atoms with Crippen molar-refractivity contribution in [2.75, 3.05) is 0 Å². The first-order chi connectivity index (χ1) is 5.92. The minimum Gasteiger partial charge on any atom is -0.320 e. The summed E-state index contributed by atoms with van der Waals surface area (Å²) < 4.78 is 24.8. The van der Waals surface area contributed by atoms with E-state index >= 15 is 0 Å². The maximum Gasteiger partial charge on any atom is 0.256 e. The summed E-state index contributed by atoms with van der Waals surface area (Å²) in [5.74, 6) is 0. The zero-order valence-electron chi connectivity index (χ0n) is 7.68. The molecule has 2 N–H and O–H groups in total. The Hall–Kier alpha value is -0.480. The zero-order valence-corrected chi connectivity index (χ0v) is 8.50. The van der Waals surface area contributed by atoms with Crippen LogP contribution in [0, 0.1) is 6.92 Å². The molecule has 0 aromatic carbocycles. The molecule has 1 aromatic rings. The fourth-order valence-electron chi connectivity index (χ4n) is 1.03. The molecule has 74 valence electrons. The van der Waals surface area contributed by atoms with E-state index < -0.39 is 12.0 Å². The molecule has 0 bridgehead atoms. The molecule has 0 radical (unpaired) electrons. The highest BCUT2D eigenvalue weighted by molar-refractivity contribution is 7.11. The number of thiophene rings is 1. The van der Waals surface area contributed by atoms with Crippen molar-refractivity contribution in [3.05, 3.63) is 21.9 Å². The van der Waals surface area contributed by atoms with Gasteiger partial charge in [-0.1, -0.05) is 0 Å². The minimum atomic E-state index is -2.48. The predicted molar refractivity (Wildman–Crippen MR) is 51.4 cm³/mol. The van der Waals surface area contributed by atoms with Crippen molar-refractivity contribution in [3.8, 4) is 0 Å². The molecule has 13 heavy (non-hydrogen) atoms. The molecule has 0 aliphatic heterocycles. The van der Waals surface area contributed by atoms with E-state index in [2.05, 4.69) is 0 Å². The van der Waals surface area contributed by atoms with E-state index in [0.717, 1.165) is 9.75 Å². The maximum absolute atomic E-state index is 12.4. The maximum atomic E-state index is 12.4. The average Bonchev–Trinajstić information content (AvgIpc) is 2.34. The third-order valence-electron chi connectivity index (χ3n) is 1.85. The summed E-state index contributed by atoms with van der Waals surface area (Å²) in [6.07, 6.45) is -2.24. The van der Waals surface area contributed by atoms with Gasteiger partial charge in [-0.05, 0) is 26.0 Å². The van der Waals surface area contributed by atoms with Gasteiger partial charge < -0.3 is 5.73 Å². The van der Waals surface area contributed by atoms with Gasteiger partial charge >= 0.3 is 0 Å². The summed E-state index contributed by atoms with van der Waals surface area (Å²) in [5, 5.41) is 0. The molecule has 0 aliphatic carbocycles. The van der Waals surface area contributed by atoms with E-state index in [0.29, 0.717) is 0 Å². The second-order valence-corrected chi connectivity index (χ2v) is 4.87. The van der Waals surface area contributed by atoms with E-state index in [9.17, 15) is 8.78 Å². The van der Waals surface area contributed by atoms with Crippen molar-refractivity contribution in [2.24, 2.45) is 5.73 Å². The molecule has 0 fully saturated rings. The summed E-state index contributed by atoms with van der Waals surface area (Å²) >= 11 is 1.52. The number of halogens is 2. The quantitative estimate of drug-likeness (QED) is 0.806. The molecular weight excluding hydrogens is 192 g/mol. The molecule has 0 spiro atoms. The molecule has 1 heterocycles. The number of hydrogen-bond acceptors (Lipinski definition) is 2. The molecule has 0 amide bonds. The lowest BCUT2D eigenvalue weighted by Crippen LogP contribution is -2.45. The number of rotatable bonds is 3. The van der Waals surface area contributed by atoms with Crippen LogP contribution in [-0.4, -0.2) is 12.0 Å². The standard InChI is InChI=1S/C9H13F2NS/c1-6-3-4-7(13-6)5-9(2,12)8(10)11/h3-4,8H,5,12H2,1-2H3. The van der Waals surface area contributed by atoms with Gasteiger partial charge in [-0.3, -0.25) is 0 Å². The molecule has 0 saturated carbocycles. The number of hydrogen-bond donors (Lipinski definition) is 1. The molecule has 1 rings (SSSR count). The first-order valence-electron chi connectivity index (χ1n) is 4.04. The van der Waals surface area contributed by atoms with Crippen molar-refractivity contribution < 1.29 is 8.78 Å². The van der Waals surface area contributed by atoms with Crippen molar-refractivity contribution in [1.29, 1.82) is 0 Å². The van der Waals surface area contributed by atoms with Gasteiger partial charge in [0, 0.05) is 16.2 Å². The first kappa shape index (κ1) is 10.6. The lowest BCUT2D eigenvalue weighted by molar-refractivity contribution is 0.0644. The summed E-state index contributed by atoms with van der Waals surface area (Å²) in [6.45, 7) is 3.33. The van der Waals surface area contributed by atoms with Crippen LogP contribution in [0.15, 0.2) is 12.1 Å². The molecule has 1 nitrogen and oxygen atoms in total. The molecule has 4 heteroatoms. The third kappa shape index (κ3) is 2.74. The van der Waals surface area contributed by atoms with Crippen LogP contribution in [-0.2, 0) is 6.42 Å². The number of alkyl halides is 2. The van der Waals surface area contributed by atoms with Crippen LogP contribution in [0.4, 0.5) is 8.78 Å². The molecule has 0 saturated heterocycles. The van der Waals surface area contributed by atoms with E-state index in [1.165, 1.54) is 18.3 Å². The van der Waals surface area contributed by atoms with Gasteiger partial charge in [0.15, 0.2) is 0 Å². The van der Waals surface area contributed by atoms with Crippen LogP contribution in [0.1, 0.15) is 16.7 Å². The minimum absolute atomic E-state index is 0.239. The summed E-state index contributed by atoms with van der Waals surface area (Å²) in [5.41, 5.74) is 4.05. The van der Waals surface area contributed by atoms with E-state index in [1.54, 1.807) is 0 Å².